The average Bonchev–Trinajstić information content (AvgIpc) is 3.60. The van der Waals surface area contributed by atoms with Gasteiger partial charge in [0.25, 0.3) is 0 Å². The molecule has 0 unspecified atom stereocenters. The van der Waals surface area contributed by atoms with Crippen molar-refractivity contribution in [2.75, 3.05) is 13.1 Å². The summed E-state index contributed by atoms with van der Waals surface area (Å²) in [6, 6.07) is 31.9. The van der Waals surface area contributed by atoms with Crippen LogP contribution in [-0.4, -0.2) is 30.1 Å². The summed E-state index contributed by atoms with van der Waals surface area (Å²) in [4.78, 5) is 2.61. The molecular formula is C29H32N2. The first-order chi connectivity index (χ1) is 15.3. The molecule has 3 aromatic rings. The van der Waals surface area contributed by atoms with E-state index < -0.39 is 0 Å². The Morgan fingerprint density at radius 3 is 2.03 bits per heavy atom. The van der Waals surface area contributed by atoms with Crippen molar-refractivity contribution in [3.05, 3.63) is 107 Å². The van der Waals surface area contributed by atoms with E-state index >= 15 is 0 Å². The summed E-state index contributed by atoms with van der Waals surface area (Å²) < 4.78 is 0. The van der Waals surface area contributed by atoms with Crippen LogP contribution in [0.2, 0.25) is 0 Å². The van der Waals surface area contributed by atoms with Crippen molar-refractivity contribution >= 4 is 12.2 Å². The minimum atomic E-state index is 0.681. The maximum atomic E-state index is 3.93. The number of hydrogen-bond acceptors (Lipinski definition) is 2. The lowest BCUT2D eigenvalue weighted by atomic mass is 10.0. The maximum absolute atomic E-state index is 3.93. The van der Waals surface area contributed by atoms with E-state index in [0.717, 1.165) is 12.5 Å². The second kappa shape index (κ2) is 9.64. The Balaban J connectivity index is 1.06. The molecule has 2 nitrogen and oxygen atoms in total. The highest BCUT2D eigenvalue weighted by atomic mass is 15.1. The Morgan fingerprint density at radius 2 is 1.35 bits per heavy atom. The minimum Gasteiger partial charge on any atom is -0.311 e. The van der Waals surface area contributed by atoms with E-state index in [1.54, 1.807) is 0 Å². The molecule has 158 valence electrons. The van der Waals surface area contributed by atoms with E-state index in [9.17, 15) is 0 Å². The highest BCUT2D eigenvalue weighted by molar-refractivity contribution is 5.69. The second-order valence-electron chi connectivity index (χ2n) is 9.06. The molecule has 0 radical (unpaired) electrons. The third-order valence-corrected chi connectivity index (χ3v) is 6.71. The molecule has 1 N–H and O–H groups in total. The highest BCUT2D eigenvalue weighted by Gasteiger charge is 2.39. The summed E-state index contributed by atoms with van der Waals surface area (Å²) in [7, 11) is 0. The summed E-state index contributed by atoms with van der Waals surface area (Å²) in [6.45, 7) is 3.44. The molecule has 1 aliphatic carbocycles. The molecule has 0 amide bonds. The Kier molecular flexibility index (Phi) is 6.29. The number of nitrogens with zero attached hydrogens (tertiary/aromatic N) is 1. The first kappa shape index (κ1) is 20.2. The Hall–Kier alpha value is -2.68. The zero-order valence-electron chi connectivity index (χ0n) is 18.2. The maximum Gasteiger partial charge on any atom is 0.0233 e. The van der Waals surface area contributed by atoms with Crippen molar-refractivity contribution < 1.29 is 0 Å². The molecule has 1 aliphatic heterocycles. The quantitative estimate of drug-likeness (QED) is 0.485. The predicted octanol–water partition coefficient (Wildman–Crippen LogP) is 5.97. The third-order valence-electron chi connectivity index (χ3n) is 6.71. The lowest BCUT2D eigenvalue weighted by molar-refractivity contribution is 0.189. The normalized spacial score (nSPS) is 22.1. The third kappa shape index (κ3) is 5.52. The van der Waals surface area contributed by atoms with E-state index in [4.69, 9.17) is 0 Å². The smallest absolute Gasteiger partial charge is 0.0233 e. The SMILES string of the molecule is C(=C\c1ccc(CN2CCC(N[C@@H]3C[C@H]3c3ccccc3)CC2)cc1)/c1ccccc1. The van der Waals surface area contributed by atoms with Crippen LogP contribution in [0, 0.1) is 0 Å². The van der Waals surface area contributed by atoms with Gasteiger partial charge in [-0.05, 0) is 54.6 Å². The van der Waals surface area contributed by atoms with Gasteiger partial charge in [0.2, 0.25) is 0 Å². The van der Waals surface area contributed by atoms with Crippen LogP contribution in [-0.2, 0) is 6.54 Å². The Labute approximate surface area is 186 Å². The zero-order chi connectivity index (χ0) is 20.9. The van der Waals surface area contributed by atoms with Crippen molar-refractivity contribution in [2.45, 2.75) is 43.8 Å². The molecule has 31 heavy (non-hydrogen) atoms. The standard InChI is InChI=1S/C29H32N2/c1-3-7-23(8-4-1)11-12-24-13-15-25(16-14-24)22-31-19-17-27(18-20-31)30-29-21-28(29)26-9-5-2-6-10-26/h1-16,27-30H,17-22H2/b12-11+/t28-,29+/m0/s1. The van der Waals surface area contributed by atoms with Crippen LogP contribution in [0.5, 0.6) is 0 Å². The molecule has 0 spiro atoms. The first-order valence-electron chi connectivity index (χ1n) is 11.7. The van der Waals surface area contributed by atoms with Gasteiger partial charge < -0.3 is 5.32 Å². The van der Waals surface area contributed by atoms with Gasteiger partial charge in [-0.1, -0.05) is 97.1 Å². The number of benzene rings is 3. The molecular weight excluding hydrogens is 376 g/mol. The summed E-state index contributed by atoms with van der Waals surface area (Å²) in [5.41, 5.74) is 5.41. The molecule has 0 aromatic heterocycles. The summed E-state index contributed by atoms with van der Waals surface area (Å²) in [5, 5.41) is 3.93. The average molecular weight is 409 g/mol. The van der Waals surface area contributed by atoms with Crippen molar-refractivity contribution in [3.8, 4) is 0 Å². The van der Waals surface area contributed by atoms with E-state index in [0.29, 0.717) is 12.1 Å². The van der Waals surface area contributed by atoms with Crippen molar-refractivity contribution in [1.29, 1.82) is 0 Å². The van der Waals surface area contributed by atoms with Crippen molar-refractivity contribution in [3.63, 3.8) is 0 Å². The van der Waals surface area contributed by atoms with Crippen LogP contribution in [0.3, 0.4) is 0 Å². The molecule has 1 saturated carbocycles. The molecule has 3 aromatic carbocycles. The molecule has 2 aliphatic rings. The van der Waals surface area contributed by atoms with E-state index in [1.807, 2.05) is 0 Å². The van der Waals surface area contributed by atoms with Gasteiger partial charge in [-0.2, -0.15) is 0 Å². The zero-order valence-corrected chi connectivity index (χ0v) is 18.2. The second-order valence-corrected chi connectivity index (χ2v) is 9.06. The van der Waals surface area contributed by atoms with Gasteiger partial charge in [-0.15, -0.1) is 0 Å². The lowest BCUT2D eigenvalue weighted by Gasteiger charge is -2.32. The Bertz CT molecular complexity index is 970. The van der Waals surface area contributed by atoms with Crippen LogP contribution in [0.25, 0.3) is 12.2 Å². The summed E-state index contributed by atoms with van der Waals surface area (Å²) in [5.74, 6) is 0.730. The van der Waals surface area contributed by atoms with Crippen LogP contribution in [0.4, 0.5) is 0 Å². The fourth-order valence-electron chi connectivity index (χ4n) is 4.76. The monoisotopic (exact) mass is 408 g/mol. The van der Waals surface area contributed by atoms with E-state index in [1.165, 1.54) is 54.6 Å². The number of likely N-dealkylation sites (tertiary alicyclic amines) is 1. The number of hydrogen-bond donors (Lipinski definition) is 1. The van der Waals surface area contributed by atoms with Crippen molar-refractivity contribution in [1.82, 2.24) is 10.2 Å². The molecule has 1 heterocycles. The van der Waals surface area contributed by atoms with Crippen LogP contribution in [0.15, 0.2) is 84.9 Å². The largest absolute Gasteiger partial charge is 0.311 e. The predicted molar refractivity (Wildman–Crippen MR) is 131 cm³/mol. The molecule has 2 fully saturated rings. The minimum absolute atomic E-state index is 0.681. The topological polar surface area (TPSA) is 15.3 Å². The number of nitrogens with one attached hydrogen (secondary N) is 1. The van der Waals surface area contributed by atoms with Crippen LogP contribution in [0.1, 0.15) is 47.4 Å². The summed E-state index contributed by atoms with van der Waals surface area (Å²) >= 11 is 0. The van der Waals surface area contributed by atoms with Gasteiger partial charge in [0.15, 0.2) is 0 Å². The Morgan fingerprint density at radius 1 is 0.742 bits per heavy atom. The van der Waals surface area contributed by atoms with Gasteiger partial charge in [0, 0.05) is 24.5 Å². The molecule has 2 heteroatoms. The van der Waals surface area contributed by atoms with Gasteiger partial charge in [0.05, 0.1) is 0 Å². The van der Waals surface area contributed by atoms with Gasteiger partial charge in [-0.3, -0.25) is 4.90 Å². The van der Waals surface area contributed by atoms with E-state index in [2.05, 4.69) is 107 Å². The number of rotatable bonds is 7. The fourth-order valence-corrected chi connectivity index (χ4v) is 4.76. The van der Waals surface area contributed by atoms with Crippen molar-refractivity contribution in [2.24, 2.45) is 0 Å². The van der Waals surface area contributed by atoms with Gasteiger partial charge in [0.1, 0.15) is 0 Å². The van der Waals surface area contributed by atoms with Gasteiger partial charge in [-0.25, -0.2) is 0 Å². The van der Waals surface area contributed by atoms with Crippen LogP contribution < -0.4 is 5.32 Å². The summed E-state index contributed by atoms with van der Waals surface area (Å²) in [6.07, 6.45) is 8.19. The highest BCUT2D eigenvalue weighted by Crippen LogP contribution is 2.41. The van der Waals surface area contributed by atoms with E-state index in [-0.39, 0.29) is 0 Å². The molecule has 0 bridgehead atoms. The fraction of sp³-hybridized carbons (Fsp3) is 0.310. The van der Waals surface area contributed by atoms with Gasteiger partial charge >= 0.3 is 0 Å². The number of piperidine rings is 1. The molecule has 5 rings (SSSR count). The lowest BCUT2D eigenvalue weighted by Crippen LogP contribution is -2.43. The van der Waals surface area contributed by atoms with Crippen LogP contribution >= 0.6 is 0 Å². The first-order valence-corrected chi connectivity index (χ1v) is 11.7. The molecule has 2 atom stereocenters. The molecule has 1 saturated heterocycles.